The van der Waals surface area contributed by atoms with Gasteiger partial charge in [0, 0.05) is 28.0 Å². The van der Waals surface area contributed by atoms with Crippen molar-refractivity contribution in [2.45, 2.75) is 39.3 Å². The highest BCUT2D eigenvalue weighted by molar-refractivity contribution is 6.35. The van der Waals surface area contributed by atoms with Crippen molar-refractivity contribution in [2.75, 3.05) is 0 Å². The van der Waals surface area contributed by atoms with Gasteiger partial charge < -0.3 is 11.1 Å². The zero-order valence-electron chi connectivity index (χ0n) is 11.8. The summed E-state index contributed by atoms with van der Waals surface area (Å²) >= 11 is 12.0. The monoisotopic (exact) mass is 338 g/mol. The predicted octanol–water partition coefficient (Wildman–Crippen LogP) is 3.45. The average Bonchev–Trinajstić information content (AvgIpc) is 2.31. The van der Waals surface area contributed by atoms with E-state index in [0.717, 1.165) is 5.56 Å². The Kier molecular flexibility index (Phi) is 8.52. The molecule has 114 valence electrons. The summed E-state index contributed by atoms with van der Waals surface area (Å²) in [6, 6.07) is 5.21. The second-order valence-electron chi connectivity index (χ2n) is 5.00. The molecule has 20 heavy (non-hydrogen) atoms. The van der Waals surface area contributed by atoms with Crippen molar-refractivity contribution in [3.63, 3.8) is 0 Å². The second kappa shape index (κ2) is 8.73. The molecule has 3 N–H and O–H groups in total. The molecule has 6 heteroatoms. The number of rotatable bonds is 5. The SMILES string of the molecule is CC(Cc1ccc(Cl)cc1Cl)NC(=O)C(C)C(C)N.Cl. The fourth-order valence-corrected chi connectivity index (χ4v) is 2.17. The molecular formula is C14H21Cl3N2O. The van der Waals surface area contributed by atoms with Gasteiger partial charge >= 0.3 is 0 Å². The van der Waals surface area contributed by atoms with Crippen molar-refractivity contribution in [2.24, 2.45) is 11.7 Å². The minimum absolute atomic E-state index is 0. The Morgan fingerprint density at radius 3 is 2.40 bits per heavy atom. The van der Waals surface area contributed by atoms with Crippen molar-refractivity contribution in [1.29, 1.82) is 0 Å². The molecule has 0 fully saturated rings. The number of nitrogens with two attached hydrogens (primary N) is 1. The average molecular weight is 340 g/mol. The molecule has 0 saturated heterocycles. The quantitative estimate of drug-likeness (QED) is 0.863. The fraction of sp³-hybridized carbons (Fsp3) is 0.500. The number of hydrogen-bond acceptors (Lipinski definition) is 2. The highest BCUT2D eigenvalue weighted by Gasteiger charge is 2.19. The Bertz CT molecular complexity index is 452. The highest BCUT2D eigenvalue weighted by Crippen LogP contribution is 2.22. The van der Waals surface area contributed by atoms with Crippen LogP contribution in [0.2, 0.25) is 10.0 Å². The summed E-state index contributed by atoms with van der Waals surface area (Å²) in [5.41, 5.74) is 6.67. The Labute approximate surface area is 136 Å². The predicted molar refractivity (Wildman–Crippen MR) is 87.8 cm³/mol. The van der Waals surface area contributed by atoms with Crippen LogP contribution in [-0.2, 0) is 11.2 Å². The van der Waals surface area contributed by atoms with Crippen molar-refractivity contribution >= 4 is 41.5 Å². The number of benzene rings is 1. The topological polar surface area (TPSA) is 55.1 Å². The molecule has 3 atom stereocenters. The minimum Gasteiger partial charge on any atom is -0.353 e. The van der Waals surface area contributed by atoms with E-state index in [-0.39, 0.29) is 36.3 Å². The molecule has 3 unspecified atom stereocenters. The van der Waals surface area contributed by atoms with E-state index >= 15 is 0 Å². The molecule has 0 saturated carbocycles. The zero-order chi connectivity index (χ0) is 14.6. The lowest BCUT2D eigenvalue weighted by Crippen LogP contribution is -2.43. The zero-order valence-corrected chi connectivity index (χ0v) is 14.1. The molecule has 1 aromatic rings. The van der Waals surface area contributed by atoms with Gasteiger partial charge in [0.05, 0.1) is 0 Å². The van der Waals surface area contributed by atoms with E-state index in [1.807, 2.05) is 26.8 Å². The first-order valence-corrected chi connectivity index (χ1v) is 7.06. The van der Waals surface area contributed by atoms with Gasteiger partial charge in [-0.15, -0.1) is 12.4 Å². The summed E-state index contributed by atoms with van der Waals surface area (Å²) < 4.78 is 0. The molecule has 1 aromatic carbocycles. The summed E-state index contributed by atoms with van der Waals surface area (Å²) in [5, 5.41) is 4.17. The van der Waals surface area contributed by atoms with Gasteiger partial charge in [0.1, 0.15) is 0 Å². The van der Waals surface area contributed by atoms with Crippen LogP contribution >= 0.6 is 35.6 Å². The number of halogens is 3. The lowest BCUT2D eigenvalue weighted by molar-refractivity contribution is -0.125. The summed E-state index contributed by atoms with van der Waals surface area (Å²) in [6.07, 6.45) is 0.660. The normalized spacial score (nSPS) is 14.9. The van der Waals surface area contributed by atoms with Crippen molar-refractivity contribution in [3.05, 3.63) is 33.8 Å². The molecule has 0 aliphatic rings. The summed E-state index contributed by atoms with van der Waals surface area (Å²) in [5.74, 6) is -0.240. The van der Waals surface area contributed by atoms with Crippen LogP contribution in [-0.4, -0.2) is 18.0 Å². The van der Waals surface area contributed by atoms with Gasteiger partial charge in [0.2, 0.25) is 5.91 Å². The number of carbonyl (C=O) groups is 1. The lowest BCUT2D eigenvalue weighted by atomic mass is 10.0. The molecule has 0 bridgehead atoms. The Morgan fingerprint density at radius 1 is 1.30 bits per heavy atom. The minimum atomic E-state index is -0.205. The maximum absolute atomic E-state index is 11.9. The van der Waals surface area contributed by atoms with Gasteiger partial charge in [-0.2, -0.15) is 0 Å². The first-order valence-electron chi connectivity index (χ1n) is 6.31. The summed E-state index contributed by atoms with van der Waals surface area (Å²) in [7, 11) is 0. The Balaban J connectivity index is 0.00000361. The third-order valence-electron chi connectivity index (χ3n) is 3.13. The van der Waals surface area contributed by atoms with Gasteiger partial charge in [-0.05, 0) is 38.0 Å². The van der Waals surface area contributed by atoms with E-state index < -0.39 is 0 Å². The molecule has 1 rings (SSSR count). The molecule has 0 heterocycles. The molecule has 1 amide bonds. The van der Waals surface area contributed by atoms with Gasteiger partial charge in [0.15, 0.2) is 0 Å². The maximum atomic E-state index is 11.9. The number of nitrogens with one attached hydrogen (secondary N) is 1. The summed E-state index contributed by atoms with van der Waals surface area (Å²) in [6.45, 7) is 5.59. The third kappa shape index (κ3) is 5.88. The number of amides is 1. The van der Waals surface area contributed by atoms with Crippen LogP contribution in [0.15, 0.2) is 18.2 Å². The van der Waals surface area contributed by atoms with E-state index in [9.17, 15) is 4.79 Å². The van der Waals surface area contributed by atoms with Crippen molar-refractivity contribution in [3.8, 4) is 0 Å². The van der Waals surface area contributed by atoms with E-state index in [0.29, 0.717) is 16.5 Å². The van der Waals surface area contributed by atoms with Crippen LogP contribution in [0.5, 0.6) is 0 Å². The molecule has 0 spiro atoms. The lowest BCUT2D eigenvalue weighted by Gasteiger charge is -2.20. The van der Waals surface area contributed by atoms with Crippen LogP contribution in [0, 0.1) is 5.92 Å². The van der Waals surface area contributed by atoms with Gasteiger partial charge in [-0.1, -0.05) is 36.2 Å². The Hall–Kier alpha value is -0.480. The first-order chi connectivity index (χ1) is 8.81. The largest absolute Gasteiger partial charge is 0.353 e. The summed E-state index contributed by atoms with van der Waals surface area (Å²) in [4.78, 5) is 11.9. The van der Waals surface area contributed by atoms with E-state index in [1.54, 1.807) is 12.1 Å². The second-order valence-corrected chi connectivity index (χ2v) is 5.84. The van der Waals surface area contributed by atoms with Crippen LogP contribution in [0.1, 0.15) is 26.3 Å². The van der Waals surface area contributed by atoms with Crippen LogP contribution < -0.4 is 11.1 Å². The molecule has 0 aromatic heterocycles. The van der Waals surface area contributed by atoms with E-state index in [4.69, 9.17) is 28.9 Å². The molecule has 3 nitrogen and oxygen atoms in total. The smallest absolute Gasteiger partial charge is 0.224 e. The Morgan fingerprint density at radius 2 is 1.90 bits per heavy atom. The van der Waals surface area contributed by atoms with E-state index in [1.165, 1.54) is 0 Å². The maximum Gasteiger partial charge on any atom is 0.224 e. The van der Waals surface area contributed by atoms with Crippen molar-refractivity contribution < 1.29 is 4.79 Å². The first kappa shape index (κ1) is 19.5. The number of hydrogen-bond donors (Lipinski definition) is 2. The molecule has 0 aliphatic carbocycles. The van der Waals surface area contributed by atoms with Crippen LogP contribution in [0.3, 0.4) is 0 Å². The highest BCUT2D eigenvalue weighted by atomic mass is 35.5. The third-order valence-corrected chi connectivity index (χ3v) is 3.72. The van der Waals surface area contributed by atoms with Gasteiger partial charge in [0.25, 0.3) is 0 Å². The van der Waals surface area contributed by atoms with Crippen LogP contribution in [0.4, 0.5) is 0 Å². The molecule has 0 radical (unpaired) electrons. The fourth-order valence-electron chi connectivity index (χ4n) is 1.68. The molecule has 0 aliphatic heterocycles. The van der Waals surface area contributed by atoms with Crippen LogP contribution in [0.25, 0.3) is 0 Å². The van der Waals surface area contributed by atoms with Gasteiger partial charge in [-0.25, -0.2) is 0 Å². The standard InChI is InChI=1S/C14H20Cl2N2O.ClH/c1-8(18-14(19)9(2)10(3)17)6-11-4-5-12(15)7-13(11)16;/h4-5,7-10H,6,17H2,1-3H3,(H,18,19);1H. The van der Waals surface area contributed by atoms with Gasteiger partial charge in [-0.3, -0.25) is 4.79 Å². The molecular weight excluding hydrogens is 319 g/mol. The van der Waals surface area contributed by atoms with Crippen molar-refractivity contribution in [1.82, 2.24) is 5.32 Å². The van der Waals surface area contributed by atoms with E-state index in [2.05, 4.69) is 5.32 Å². The number of carbonyl (C=O) groups excluding carboxylic acids is 1.